The Morgan fingerprint density at radius 3 is 1.77 bits per heavy atom. The van der Waals surface area contributed by atoms with Crippen molar-refractivity contribution in [1.29, 1.82) is 0 Å². The first kappa shape index (κ1) is 8.46. The van der Waals surface area contributed by atoms with Gasteiger partial charge in [0.15, 0.2) is 0 Å². The summed E-state index contributed by atoms with van der Waals surface area (Å²) in [4.78, 5) is 8.27. The van der Waals surface area contributed by atoms with E-state index in [-0.39, 0.29) is 0 Å². The first-order valence-electron chi connectivity index (χ1n) is 3.64. The maximum Gasteiger partial charge on any atom is 0.134 e. The Bertz CT molecular complexity index is 368. The number of anilines is 2. The molecular weight excluding hydrogens is 204 g/mol. The molecule has 0 aliphatic rings. The number of nitrogen functional groups attached to an aromatic ring is 2. The molecule has 2 heterocycles. The van der Waals surface area contributed by atoms with E-state index in [2.05, 4.69) is 9.97 Å². The fourth-order valence-corrected chi connectivity index (χ4v) is 2.41. The minimum Gasteiger partial charge on any atom is -0.383 e. The van der Waals surface area contributed by atoms with Crippen molar-refractivity contribution in [3.05, 3.63) is 20.8 Å². The maximum absolute atomic E-state index is 5.50. The van der Waals surface area contributed by atoms with Crippen molar-refractivity contribution in [1.82, 2.24) is 9.97 Å². The van der Waals surface area contributed by atoms with Crippen molar-refractivity contribution >= 4 is 34.3 Å². The first-order valence-corrected chi connectivity index (χ1v) is 5.40. The van der Waals surface area contributed by atoms with Gasteiger partial charge in [-0.25, -0.2) is 9.97 Å². The lowest BCUT2D eigenvalue weighted by atomic mass is 10.5. The van der Waals surface area contributed by atoms with E-state index in [0.717, 1.165) is 16.4 Å². The van der Waals surface area contributed by atoms with Crippen molar-refractivity contribution in [2.45, 2.75) is 6.42 Å². The Kier molecular flexibility index (Phi) is 2.15. The van der Waals surface area contributed by atoms with Gasteiger partial charge in [-0.15, -0.1) is 22.7 Å². The van der Waals surface area contributed by atoms with Gasteiger partial charge in [0.05, 0.1) is 6.42 Å². The van der Waals surface area contributed by atoms with E-state index in [1.54, 1.807) is 22.7 Å². The molecule has 0 aromatic carbocycles. The van der Waals surface area contributed by atoms with Gasteiger partial charge in [-0.05, 0) is 0 Å². The van der Waals surface area contributed by atoms with Crippen LogP contribution in [0.15, 0.2) is 10.8 Å². The standard InChI is InChI=1S/C7H8N4S2/c8-4-2-12-6(10-4)1-7-11-5(9)3-13-7/h2-3H,1,8-9H2. The van der Waals surface area contributed by atoms with E-state index in [0.29, 0.717) is 11.6 Å². The van der Waals surface area contributed by atoms with Crippen LogP contribution in [0.5, 0.6) is 0 Å². The molecule has 0 radical (unpaired) electrons. The first-order chi connectivity index (χ1) is 6.24. The lowest BCUT2D eigenvalue weighted by Crippen LogP contribution is -1.90. The average molecular weight is 212 g/mol. The van der Waals surface area contributed by atoms with Crippen LogP contribution in [0.25, 0.3) is 0 Å². The molecule has 0 aliphatic heterocycles. The van der Waals surface area contributed by atoms with E-state index in [1.165, 1.54) is 0 Å². The Morgan fingerprint density at radius 2 is 1.46 bits per heavy atom. The van der Waals surface area contributed by atoms with Gasteiger partial charge in [0, 0.05) is 10.8 Å². The van der Waals surface area contributed by atoms with Crippen LogP contribution in [0.3, 0.4) is 0 Å². The van der Waals surface area contributed by atoms with E-state index in [4.69, 9.17) is 11.5 Å². The third-order valence-electron chi connectivity index (χ3n) is 1.44. The van der Waals surface area contributed by atoms with Crippen LogP contribution in [-0.4, -0.2) is 9.97 Å². The third-order valence-corrected chi connectivity index (χ3v) is 3.18. The van der Waals surface area contributed by atoms with Crippen molar-refractivity contribution in [2.75, 3.05) is 11.5 Å². The van der Waals surface area contributed by atoms with Gasteiger partial charge in [0.25, 0.3) is 0 Å². The van der Waals surface area contributed by atoms with E-state index in [1.807, 2.05) is 10.8 Å². The molecule has 0 amide bonds. The van der Waals surface area contributed by atoms with Crippen LogP contribution in [0.2, 0.25) is 0 Å². The topological polar surface area (TPSA) is 77.8 Å². The summed E-state index contributed by atoms with van der Waals surface area (Å²) in [6.45, 7) is 0. The number of nitrogens with two attached hydrogens (primary N) is 2. The highest BCUT2D eigenvalue weighted by Crippen LogP contribution is 2.18. The summed E-state index contributed by atoms with van der Waals surface area (Å²) in [5, 5.41) is 5.61. The van der Waals surface area contributed by atoms with Gasteiger partial charge >= 0.3 is 0 Å². The zero-order valence-electron chi connectivity index (χ0n) is 6.73. The summed E-state index contributed by atoms with van der Waals surface area (Å²) in [5.41, 5.74) is 11.0. The second-order valence-corrected chi connectivity index (χ2v) is 4.39. The van der Waals surface area contributed by atoms with Crippen LogP contribution in [0, 0.1) is 0 Å². The van der Waals surface area contributed by atoms with Crippen molar-refractivity contribution in [3.8, 4) is 0 Å². The van der Waals surface area contributed by atoms with Crippen molar-refractivity contribution < 1.29 is 0 Å². The molecule has 0 saturated heterocycles. The van der Waals surface area contributed by atoms with Crippen LogP contribution in [0.1, 0.15) is 10.0 Å². The third kappa shape index (κ3) is 1.96. The highest BCUT2D eigenvalue weighted by atomic mass is 32.1. The van der Waals surface area contributed by atoms with Gasteiger partial charge < -0.3 is 11.5 Å². The highest BCUT2D eigenvalue weighted by Gasteiger charge is 2.04. The molecule has 0 aliphatic carbocycles. The number of aromatic nitrogens is 2. The van der Waals surface area contributed by atoms with Gasteiger partial charge in [0.2, 0.25) is 0 Å². The molecule has 2 aromatic rings. The minimum absolute atomic E-state index is 0.574. The second-order valence-electron chi connectivity index (χ2n) is 2.51. The number of hydrogen-bond donors (Lipinski definition) is 2. The van der Waals surface area contributed by atoms with E-state index >= 15 is 0 Å². The molecule has 0 saturated carbocycles. The van der Waals surface area contributed by atoms with Gasteiger partial charge in [0.1, 0.15) is 21.7 Å². The van der Waals surface area contributed by atoms with Gasteiger partial charge in [-0.3, -0.25) is 0 Å². The Hall–Kier alpha value is -1.14. The molecule has 6 heteroatoms. The molecule has 2 aromatic heterocycles. The summed E-state index contributed by atoms with van der Waals surface area (Å²) >= 11 is 3.09. The van der Waals surface area contributed by atoms with E-state index < -0.39 is 0 Å². The molecular formula is C7H8N4S2. The smallest absolute Gasteiger partial charge is 0.134 e. The Labute approximate surface area is 83.3 Å². The average Bonchev–Trinajstić information content (AvgIpc) is 2.62. The Morgan fingerprint density at radius 1 is 1.00 bits per heavy atom. The van der Waals surface area contributed by atoms with Crippen LogP contribution < -0.4 is 11.5 Å². The fourth-order valence-electron chi connectivity index (χ4n) is 0.942. The van der Waals surface area contributed by atoms with Crippen LogP contribution >= 0.6 is 22.7 Å². The molecule has 13 heavy (non-hydrogen) atoms. The van der Waals surface area contributed by atoms with Crippen molar-refractivity contribution in [3.63, 3.8) is 0 Å². The number of hydrogen-bond acceptors (Lipinski definition) is 6. The van der Waals surface area contributed by atoms with Gasteiger partial charge in [-0.2, -0.15) is 0 Å². The summed E-state index contributed by atoms with van der Waals surface area (Å²) in [6, 6.07) is 0. The lowest BCUT2D eigenvalue weighted by Gasteiger charge is -1.88. The molecule has 0 atom stereocenters. The fraction of sp³-hybridized carbons (Fsp3) is 0.143. The molecule has 68 valence electrons. The van der Waals surface area contributed by atoms with Crippen LogP contribution in [-0.2, 0) is 6.42 Å². The van der Waals surface area contributed by atoms with Crippen LogP contribution in [0.4, 0.5) is 11.6 Å². The molecule has 0 unspecified atom stereocenters. The van der Waals surface area contributed by atoms with Crippen molar-refractivity contribution in [2.24, 2.45) is 0 Å². The lowest BCUT2D eigenvalue weighted by molar-refractivity contribution is 1.11. The normalized spacial score (nSPS) is 10.5. The summed E-state index contributed by atoms with van der Waals surface area (Å²) in [6.07, 6.45) is 0.726. The quantitative estimate of drug-likeness (QED) is 0.787. The predicted molar refractivity (Wildman–Crippen MR) is 55.9 cm³/mol. The van der Waals surface area contributed by atoms with Gasteiger partial charge in [-0.1, -0.05) is 0 Å². The monoisotopic (exact) mass is 212 g/mol. The summed E-state index contributed by atoms with van der Waals surface area (Å²) < 4.78 is 0. The summed E-state index contributed by atoms with van der Waals surface area (Å²) in [5.74, 6) is 1.15. The zero-order valence-corrected chi connectivity index (χ0v) is 8.36. The number of thiazole rings is 2. The number of nitrogens with zero attached hydrogens (tertiary/aromatic N) is 2. The number of rotatable bonds is 2. The molecule has 0 fully saturated rings. The largest absolute Gasteiger partial charge is 0.383 e. The molecule has 0 bridgehead atoms. The Balaban J connectivity index is 2.14. The summed E-state index contributed by atoms with van der Waals surface area (Å²) in [7, 11) is 0. The maximum atomic E-state index is 5.50. The predicted octanol–water partition coefficient (Wildman–Crippen LogP) is 1.35. The molecule has 2 rings (SSSR count). The second kappa shape index (κ2) is 3.31. The highest BCUT2D eigenvalue weighted by molar-refractivity contribution is 7.11. The minimum atomic E-state index is 0.574. The SMILES string of the molecule is Nc1csc(Cc2nc(N)cs2)n1. The van der Waals surface area contributed by atoms with E-state index in [9.17, 15) is 0 Å². The molecule has 4 N–H and O–H groups in total. The zero-order chi connectivity index (χ0) is 9.26. The molecule has 4 nitrogen and oxygen atoms in total. The molecule has 0 spiro atoms.